The third kappa shape index (κ3) is 5.83. The number of ketones is 2. The van der Waals surface area contributed by atoms with E-state index < -0.39 is 0 Å². The third-order valence-corrected chi connectivity index (χ3v) is 1.51. The normalized spacial score (nSPS) is 11.0. The smallest absolute Gasteiger partial charge is 0.157 e. The van der Waals surface area contributed by atoms with Crippen LogP contribution in [0.15, 0.2) is 12.2 Å². The van der Waals surface area contributed by atoms with Gasteiger partial charge in [0.05, 0.1) is 0 Å². The van der Waals surface area contributed by atoms with E-state index in [9.17, 15) is 9.59 Å². The van der Waals surface area contributed by atoms with Crippen LogP contribution in [0, 0.1) is 5.92 Å². The predicted octanol–water partition coefficient (Wildman–Crippen LogP) is 2.14. The average molecular weight is 168 g/mol. The van der Waals surface area contributed by atoms with Crippen molar-refractivity contribution in [2.24, 2.45) is 5.92 Å². The van der Waals surface area contributed by atoms with Crippen molar-refractivity contribution in [3.05, 3.63) is 12.2 Å². The molecule has 2 heteroatoms. The first-order chi connectivity index (χ1) is 5.54. The summed E-state index contributed by atoms with van der Waals surface area (Å²) in [5.74, 6) is 0.341. The second kappa shape index (κ2) is 5.70. The van der Waals surface area contributed by atoms with Crippen molar-refractivity contribution < 1.29 is 9.59 Å². The Labute approximate surface area is 73.7 Å². The Morgan fingerprint density at radius 1 is 1.33 bits per heavy atom. The average Bonchev–Trinajstić information content (AvgIpc) is 1.97. The molecule has 0 amide bonds. The Hall–Kier alpha value is -0.920. The maximum absolute atomic E-state index is 11.0. The quantitative estimate of drug-likeness (QED) is 0.589. The molecule has 0 aliphatic heterocycles. The van der Waals surface area contributed by atoms with Gasteiger partial charge in [-0.3, -0.25) is 4.79 Å². The molecule has 0 N–H and O–H groups in total. The van der Waals surface area contributed by atoms with Crippen LogP contribution in [0.4, 0.5) is 0 Å². The van der Waals surface area contributed by atoms with E-state index in [0.29, 0.717) is 12.8 Å². The van der Waals surface area contributed by atoms with Crippen molar-refractivity contribution in [2.75, 3.05) is 0 Å². The number of rotatable bonds is 5. The Morgan fingerprint density at radius 3 is 2.33 bits per heavy atom. The molecular weight excluding hydrogens is 152 g/mol. The second-order valence-corrected chi connectivity index (χ2v) is 3.20. The highest BCUT2D eigenvalue weighted by atomic mass is 16.1. The van der Waals surface area contributed by atoms with E-state index in [1.165, 1.54) is 0 Å². The highest BCUT2D eigenvalue weighted by molar-refractivity contribution is 5.91. The molecule has 0 spiro atoms. The van der Waals surface area contributed by atoms with Gasteiger partial charge in [-0.05, 0) is 19.4 Å². The van der Waals surface area contributed by atoms with Gasteiger partial charge in [0.1, 0.15) is 5.78 Å². The van der Waals surface area contributed by atoms with E-state index in [4.69, 9.17) is 0 Å². The maximum atomic E-state index is 11.0. The number of hydrogen-bond donors (Lipinski definition) is 0. The molecule has 0 saturated heterocycles. The van der Waals surface area contributed by atoms with Gasteiger partial charge in [-0.1, -0.05) is 19.9 Å². The highest BCUT2D eigenvalue weighted by Gasteiger charge is 2.00. The van der Waals surface area contributed by atoms with Gasteiger partial charge in [0.2, 0.25) is 0 Å². The van der Waals surface area contributed by atoms with Gasteiger partial charge < -0.3 is 4.79 Å². The third-order valence-electron chi connectivity index (χ3n) is 1.51. The molecule has 0 aromatic heterocycles. The highest BCUT2D eigenvalue weighted by Crippen LogP contribution is 1.98. The van der Waals surface area contributed by atoms with Crippen LogP contribution in [0.25, 0.3) is 0 Å². The van der Waals surface area contributed by atoms with Crippen molar-refractivity contribution in [1.29, 1.82) is 0 Å². The number of hydrogen-bond acceptors (Lipinski definition) is 2. The van der Waals surface area contributed by atoms with Crippen LogP contribution in [0.1, 0.15) is 33.6 Å². The molecule has 0 unspecified atom stereocenters. The molecule has 2 nitrogen and oxygen atoms in total. The lowest BCUT2D eigenvalue weighted by Gasteiger charge is -1.95. The fourth-order valence-corrected chi connectivity index (χ4v) is 0.679. The first-order valence-corrected chi connectivity index (χ1v) is 4.24. The van der Waals surface area contributed by atoms with Crippen LogP contribution in [0.3, 0.4) is 0 Å². The topological polar surface area (TPSA) is 34.1 Å². The summed E-state index contributed by atoms with van der Waals surface area (Å²) in [6.07, 6.45) is 4.53. The molecule has 0 heterocycles. The molecule has 0 rings (SSSR count). The van der Waals surface area contributed by atoms with Gasteiger partial charge in [-0.15, -0.1) is 0 Å². The summed E-state index contributed by atoms with van der Waals surface area (Å²) in [6, 6.07) is 0. The van der Waals surface area contributed by atoms with Gasteiger partial charge in [0.15, 0.2) is 5.78 Å². The maximum Gasteiger partial charge on any atom is 0.157 e. The monoisotopic (exact) mass is 168 g/mol. The predicted molar refractivity (Wildman–Crippen MR) is 48.9 cm³/mol. The van der Waals surface area contributed by atoms with Crippen LogP contribution >= 0.6 is 0 Å². The van der Waals surface area contributed by atoms with Crippen molar-refractivity contribution in [3.8, 4) is 0 Å². The van der Waals surface area contributed by atoms with E-state index in [1.54, 1.807) is 19.1 Å². The van der Waals surface area contributed by atoms with Gasteiger partial charge in [-0.2, -0.15) is 0 Å². The van der Waals surface area contributed by atoms with Crippen molar-refractivity contribution in [3.63, 3.8) is 0 Å². The Morgan fingerprint density at radius 2 is 1.92 bits per heavy atom. The fourth-order valence-electron chi connectivity index (χ4n) is 0.679. The van der Waals surface area contributed by atoms with Crippen LogP contribution < -0.4 is 0 Å². The minimum atomic E-state index is 0.0542. The standard InChI is InChI=1S/C10H16O2/c1-8(2)10(12)7-5-4-6-9(3)11/h5,7-8H,4,6H2,1-3H3/b7-5+. The molecule has 12 heavy (non-hydrogen) atoms. The van der Waals surface area contributed by atoms with Crippen LogP contribution in [-0.2, 0) is 9.59 Å². The van der Waals surface area contributed by atoms with E-state index in [-0.39, 0.29) is 17.5 Å². The molecule has 0 aromatic carbocycles. The van der Waals surface area contributed by atoms with Crippen molar-refractivity contribution in [1.82, 2.24) is 0 Å². The molecule has 0 saturated carbocycles. The number of allylic oxidation sites excluding steroid dienone is 2. The Kier molecular flexibility index (Phi) is 5.26. The SMILES string of the molecule is CC(=O)CC/C=C/C(=O)C(C)C. The second-order valence-electron chi connectivity index (χ2n) is 3.20. The molecule has 0 aromatic rings. The number of carbonyl (C=O) groups is 2. The van der Waals surface area contributed by atoms with E-state index in [2.05, 4.69) is 0 Å². The Bertz CT molecular complexity index is 190. The zero-order valence-corrected chi connectivity index (χ0v) is 7.96. The zero-order valence-electron chi connectivity index (χ0n) is 7.96. The summed E-state index contributed by atoms with van der Waals surface area (Å²) in [5, 5.41) is 0. The summed E-state index contributed by atoms with van der Waals surface area (Å²) in [4.78, 5) is 21.5. The lowest BCUT2D eigenvalue weighted by atomic mass is 10.1. The molecule has 0 radical (unpaired) electrons. The summed E-state index contributed by atoms with van der Waals surface area (Å²) in [5.41, 5.74) is 0. The van der Waals surface area contributed by atoms with Crippen LogP contribution in [-0.4, -0.2) is 11.6 Å². The van der Waals surface area contributed by atoms with Crippen LogP contribution in [0.5, 0.6) is 0 Å². The summed E-state index contributed by atoms with van der Waals surface area (Å²) < 4.78 is 0. The molecule has 0 bridgehead atoms. The largest absolute Gasteiger partial charge is 0.300 e. The molecule has 68 valence electrons. The molecule has 0 aliphatic carbocycles. The van der Waals surface area contributed by atoms with Gasteiger partial charge in [0, 0.05) is 12.3 Å². The minimum absolute atomic E-state index is 0.0542. The van der Waals surface area contributed by atoms with Gasteiger partial charge in [0.25, 0.3) is 0 Å². The van der Waals surface area contributed by atoms with E-state index in [1.807, 2.05) is 13.8 Å². The fraction of sp³-hybridized carbons (Fsp3) is 0.600. The first-order valence-electron chi connectivity index (χ1n) is 4.24. The van der Waals surface area contributed by atoms with Crippen molar-refractivity contribution in [2.45, 2.75) is 33.6 Å². The first kappa shape index (κ1) is 11.1. The van der Waals surface area contributed by atoms with Gasteiger partial charge >= 0.3 is 0 Å². The zero-order chi connectivity index (χ0) is 9.56. The lowest BCUT2D eigenvalue weighted by molar-refractivity contribution is -0.118. The van der Waals surface area contributed by atoms with Crippen LogP contribution in [0.2, 0.25) is 0 Å². The molecule has 0 fully saturated rings. The molecule has 0 atom stereocenters. The minimum Gasteiger partial charge on any atom is -0.300 e. The van der Waals surface area contributed by atoms with Crippen molar-refractivity contribution >= 4 is 11.6 Å². The van der Waals surface area contributed by atoms with E-state index in [0.717, 1.165) is 0 Å². The lowest BCUT2D eigenvalue weighted by Crippen LogP contribution is -2.01. The Balaban J connectivity index is 3.62. The summed E-state index contributed by atoms with van der Waals surface area (Å²) >= 11 is 0. The molecular formula is C10H16O2. The number of Topliss-reactive ketones (excluding diaryl/α,β-unsaturated/α-hetero) is 1. The summed E-state index contributed by atoms with van der Waals surface area (Å²) in [7, 11) is 0. The van der Waals surface area contributed by atoms with Gasteiger partial charge in [-0.25, -0.2) is 0 Å². The number of carbonyl (C=O) groups excluding carboxylic acids is 2. The summed E-state index contributed by atoms with van der Waals surface area (Å²) in [6.45, 7) is 5.27. The van der Waals surface area contributed by atoms with E-state index >= 15 is 0 Å². The molecule has 0 aliphatic rings.